The number of halogens is 4. The first-order valence-corrected chi connectivity index (χ1v) is 11.3. The van der Waals surface area contributed by atoms with Crippen LogP contribution in [0.1, 0.15) is 30.1 Å². The van der Waals surface area contributed by atoms with Crippen LogP contribution in [0, 0.1) is 5.82 Å². The SMILES string of the molecule is Fc1ccc(CN2CCC(c3nnc4ccc(-c5ccccc5)nn34)CC2)cc1.O=C(O)C(F)(F)F. The monoisotopic (exact) mass is 501 g/mol. The Bertz CT molecular complexity index is 1300. The van der Waals surface area contributed by atoms with Crippen molar-refractivity contribution in [3.05, 3.63) is 83.9 Å². The average Bonchev–Trinajstić information content (AvgIpc) is 3.30. The van der Waals surface area contributed by atoms with Gasteiger partial charge in [0, 0.05) is 18.0 Å². The van der Waals surface area contributed by atoms with Gasteiger partial charge in [-0.1, -0.05) is 42.5 Å². The second-order valence-corrected chi connectivity index (χ2v) is 8.39. The predicted molar refractivity (Wildman–Crippen MR) is 124 cm³/mol. The number of aromatic nitrogens is 4. The maximum atomic E-state index is 13.1. The van der Waals surface area contributed by atoms with E-state index in [0.717, 1.165) is 60.8 Å². The molecule has 1 fully saturated rings. The minimum Gasteiger partial charge on any atom is -0.475 e. The van der Waals surface area contributed by atoms with Crippen molar-refractivity contribution in [2.75, 3.05) is 13.1 Å². The van der Waals surface area contributed by atoms with Crippen molar-refractivity contribution in [3.63, 3.8) is 0 Å². The molecule has 4 aromatic rings. The lowest BCUT2D eigenvalue weighted by Crippen LogP contribution is -2.33. The summed E-state index contributed by atoms with van der Waals surface area (Å²) >= 11 is 0. The first kappa shape index (κ1) is 25.2. The van der Waals surface area contributed by atoms with Crippen LogP contribution in [0.5, 0.6) is 0 Å². The second-order valence-electron chi connectivity index (χ2n) is 8.39. The van der Waals surface area contributed by atoms with Crippen LogP contribution in [-0.4, -0.2) is 55.1 Å². The van der Waals surface area contributed by atoms with Gasteiger partial charge in [0.1, 0.15) is 5.82 Å². The molecular formula is C25H23F4N5O2. The third-order valence-electron chi connectivity index (χ3n) is 5.87. The van der Waals surface area contributed by atoms with Crippen molar-refractivity contribution < 1.29 is 27.5 Å². The molecule has 0 amide bonds. The predicted octanol–water partition coefficient (Wildman–Crippen LogP) is 4.94. The van der Waals surface area contributed by atoms with E-state index in [1.54, 1.807) is 0 Å². The summed E-state index contributed by atoms with van der Waals surface area (Å²) in [5.41, 5.74) is 3.94. The molecule has 11 heteroatoms. The van der Waals surface area contributed by atoms with Gasteiger partial charge in [0.05, 0.1) is 5.69 Å². The molecule has 1 N–H and O–H groups in total. The molecule has 5 rings (SSSR count). The zero-order chi connectivity index (χ0) is 25.7. The lowest BCUT2D eigenvalue weighted by Gasteiger charge is -2.31. The lowest BCUT2D eigenvalue weighted by atomic mass is 9.95. The van der Waals surface area contributed by atoms with Gasteiger partial charge in [-0.3, -0.25) is 4.90 Å². The molecular weight excluding hydrogens is 478 g/mol. The Morgan fingerprint density at radius 1 is 0.944 bits per heavy atom. The first-order valence-electron chi connectivity index (χ1n) is 11.3. The molecule has 188 valence electrons. The number of hydrogen-bond acceptors (Lipinski definition) is 5. The number of carbonyl (C=O) groups is 1. The summed E-state index contributed by atoms with van der Waals surface area (Å²) in [5, 5.41) is 20.7. The number of hydrogen-bond donors (Lipinski definition) is 1. The Morgan fingerprint density at radius 2 is 1.58 bits per heavy atom. The molecule has 0 saturated carbocycles. The molecule has 2 aromatic carbocycles. The van der Waals surface area contributed by atoms with Gasteiger partial charge in [0.15, 0.2) is 11.5 Å². The van der Waals surface area contributed by atoms with E-state index >= 15 is 0 Å². The zero-order valence-electron chi connectivity index (χ0n) is 19.1. The van der Waals surface area contributed by atoms with Gasteiger partial charge in [-0.05, 0) is 55.8 Å². The van der Waals surface area contributed by atoms with Crippen molar-refractivity contribution >= 4 is 11.6 Å². The van der Waals surface area contributed by atoms with Gasteiger partial charge in [-0.15, -0.1) is 10.2 Å². The van der Waals surface area contributed by atoms with E-state index in [9.17, 15) is 17.6 Å². The van der Waals surface area contributed by atoms with Crippen LogP contribution < -0.4 is 0 Å². The minimum absolute atomic E-state index is 0.187. The molecule has 0 spiro atoms. The highest BCUT2D eigenvalue weighted by Gasteiger charge is 2.38. The largest absolute Gasteiger partial charge is 0.490 e. The number of nitrogens with zero attached hydrogens (tertiary/aromatic N) is 5. The van der Waals surface area contributed by atoms with Crippen molar-refractivity contribution in [2.24, 2.45) is 0 Å². The fraction of sp³-hybridized carbons (Fsp3) is 0.280. The minimum atomic E-state index is -5.08. The molecule has 1 aliphatic heterocycles. The number of benzene rings is 2. The fourth-order valence-electron chi connectivity index (χ4n) is 4.02. The van der Waals surface area contributed by atoms with Gasteiger partial charge < -0.3 is 5.11 Å². The van der Waals surface area contributed by atoms with E-state index in [1.807, 2.05) is 47.0 Å². The molecule has 0 aliphatic carbocycles. The smallest absolute Gasteiger partial charge is 0.475 e. The summed E-state index contributed by atoms with van der Waals surface area (Å²) in [6.07, 6.45) is -3.06. The van der Waals surface area contributed by atoms with E-state index < -0.39 is 12.1 Å². The second kappa shape index (κ2) is 10.8. The highest BCUT2D eigenvalue weighted by molar-refractivity contribution is 5.73. The first-order chi connectivity index (χ1) is 17.2. The third-order valence-corrected chi connectivity index (χ3v) is 5.87. The molecule has 1 aliphatic rings. The van der Waals surface area contributed by atoms with Gasteiger partial charge >= 0.3 is 12.1 Å². The highest BCUT2D eigenvalue weighted by Crippen LogP contribution is 2.28. The number of carboxylic acids is 1. The number of alkyl halides is 3. The Labute approximate surface area is 204 Å². The Morgan fingerprint density at radius 3 is 2.19 bits per heavy atom. The molecule has 0 unspecified atom stereocenters. The standard InChI is InChI=1S/C23H22FN5.C2HF3O2/c24-20-8-6-17(7-9-20)16-28-14-12-19(13-15-28)23-26-25-22-11-10-21(27-29(22)23)18-4-2-1-3-5-18;3-2(4,5)1(6)7/h1-11,19H,12-16H2;(H,6,7). The average molecular weight is 501 g/mol. The summed E-state index contributed by atoms with van der Waals surface area (Å²) in [4.78, 5) is 11.3. The molecule has 1 saturated heterocycles. The van der Waals surface area contributed by atoms with Crippen molar-refractivity contribution in [3.8, 4) is 11.3 Å². The number of rotatable bonds is 4. The molecule has 36 heavy (non-hydrogen) atoms. The highest BCUT2D eigenvalue weighted by atomic mass is 19.4. The van der Waals surface area contributed by atoms with E-state index in [2.05, 4.69) is 27.2 Å². The Kier molecular flexibility index (Phi) is 7.58. The number of likely N-dealkylation sites (tertiary alicyclic amines) is 1. The summed E-state index contributed by atoms with van der Waals surface area (Å²) in [7, 11) is 0. The molecule has 7 nitrogen and oxygen atoms in total. The van der Waals surface area contributed by atoms with E-state index in [1.165, 1.54) is 12.1 Å². The maximum Gasteiger partial charge on any atom is 0.490 e. The van der Waals surface area contributed by atoms with Gasteiger partial charge in [0.2, 0.25) is 0 Å². The number of fused-ring (bicyclic) bond motifs is 1. The summed E-state index contributed by atoms with van der Waals surface area (Å²) in [6, 6.07) is 20.9. The Hall–Kier alpha value is -3.86. The quantitative estimate of drug-likeness (QED) is 0.399. The molecule has 2 aromatic heterocycles. The summed E-state index contributed by atoms with van der Waals surface area (Å²) < 4.78 is 46.7. The number of carboxylic acid groups (broad SMARTS) is 1. The fourth-order valence-corrected chi connectivity index (χ4v) is 4.02. The van der Waals surface area contributed by atoms with Crippen LogP contribution in [0.2, 0.25) is 0 Å². The zero-order valence-corrected chi connectivity index (χ0v) is 19.1. The van der Waals surface area contributed by atoms with E-state index in [4.69, 9.17) is 15.0 Å². The van der Waals surface area contributed by atoms with Crippen molar-refractivity contribution in [1.82, 2.24) is 24.7 Å². The maximum absolute atomic E-state index is 13.1. The van der Waals surface area contributed by atoms with Crippen LogP contribution in [0.4, 0.5) is 17.6 Å². The lowest BCUT2D eigenvalue weighted by molar-refractivity contribution is -0.192. The molecule has 3 heterocycles. The number of piperidine rings is 1. The summed E-state index contributed by atoms with van der Waals surface area (Å²) in [6.45, 7) is 2.81. The molecule has 0 bridgehead atoms. The van der Waals surface area contributed by atoms with Gasteiger partial charge in [-0.25, -0.2) is 9.18 Å². The van der Waals surface area contributed by atoms with E-state index in [-0.39, 0.29) is 5.82 Å². The van der Waals surface area contributed by atoms with Crippen LogP contribution in [0.25, 0.3) is 16.9 Å². The topological polar surface area (TPSA) is 83.6 Å². The summed E-state index contributed by atoms with van der Waals surface area (Å²) in [5.74, 6) is -1.66. The molecule has 0 atom stereocenters. The molecule has 0 radical (unpaired) electrons. The van der Waals surface area contributed by atoms with E-state index in [0.29, 0.717) is 5.92 Å². The van der Waals surface area contributed by atoms with Crippen LogP contribution in [0.3, 0.4) is 0 Å². The van der Waals surface area contributed by atoms with Gasteiger partial charge in [-0.2, -0.15) is 22.8 Å². The normalized spacial score (nSPS) is 14.9. The van der Waals surface area contributed by atoms with Crippen LogP contribution in [-0.2, 0) is 11.3 Å². The van der Waals surface area contributed by atoms with Crippen LogP contribution in [0.15, 0.2) is 66.7 Å². The third kappa shape index (κ3) is 6.22. The van der Waals surface area contributed by atoms with Gasteiger partial charge in [0.25, 0.3) is 0 Å². The Balaban J connectivity index is 0.000000384. The van der Waals surface area contributed by atoms with Crippen molar-refractivity contribution in [2.45, 2.75) is 31.5 Å². The number of aliphatic carboxylic acids is 1. The van der Waals surface area contributed by atoms with Crippen molar-refractivity contribution in [1.29, 1.82) is 0 Å². The van der Waals surface area contributed by atoms with Crippen LogP contribution >= 0.6 is 0 Å².